The summed E-state index contributed by atoms with van der Waals surface area (Å²) >= 11 is 1.57. The smallest absolute Gasteiger partial charge is 0.407 e. The molecule has 32 heavy (non-hydrogen) atoms. The number of carbonyl (C=O) groups is 2. The van der Waals surface area contributed by atoms with Crippen LogP contribution in [0, 0.1) is 0 Å². The van der Waals surface area contributed by atoms with Crippen molar-refractivity contribution in [3.05, 3.63) is 81.8 Å². The van der Waals surface area contributed by atoms with Crippen molar-refractivity contribution >= 4 is 29.0 Å². The van der Waals surface area contributed by atoms with Crippen LogP contribution in [0.4, 0.5) is 10.5 Å². The molecule has 0 aliphatic carbocycles. The summed E-state index contributed by atoms with van der Waals surface area (Å²) in [4.78, 5) is 29.9. The number of nitrogens with two attached hydrogens (primary N) is 1. The molecular weight excluding hydrogens is 424 g/mol. The number of benzene rings is 2. The molecule has 2 atom stereocenters. The lowest BCUT2D eigenvalue weighted by Gasteiger charge is -2.23. The molecule has 0 saturated carbocycles. The normalized spacial score (nSPS) is 12.6. The van der Waals surface area contributed by atoms with Gasteiger partial charge in [-0.2, -0.15) is 0 Å². The Kier molecular flexibility index (Phi) is 8.21. The SMILES string of the molecule is CCc1nc([C@H](Cc2ccc(N)cc2)NC(=O)[C@H](Cc2ccccc2)NC(=O)OC)cs1. The Bertz CT molecular complexity index is 1020. The predicted octanol–water partition coefficient (Wildman–Crippen LogP) is 3.66. The molecule has 7 nitrogen and oxygen atoms in total. The van der Waals surface area contributed by atoms with Crippen molar-refractivity contribution in [3.63, 3.8) is 0 Å². The van der Waals surface area contributed by atoms with Crippen LogP contribution in [-0.2, 0) is 28.8 Å². The molecule has 168 valence electrons. The number of rotatable bonds is 9. The number of nitrogens with zero attached hydrogens (tertiary/aromatic N) is 1. The number of alkyl carbamates (subject to hydrolysis) is 1. The Labute approximate surface area is 192 Å². The van der Waals surface area contributed by atoms with Crippen molar-refractivity contribution in [2.75, 3.05) is 12.8 Å². The number of aromatic nitrogens is 1. The molecule has 0 spiro atoms. The number of aryl methyl sites for hydroxylation is 1. The maximum absolute atomic E-state index is 13.3. The molecule has 0 fully saturated rings. The van der Waals surface area contributed by atoms with E-state index in [0.717, 1.165) is 28.2 Å². The molecule has 0 radical (unpaired) electrons. The summed E-state index contributed by atoms with van der Waals surface area (Å²) in [5, 5.41) is 8.72. The summed E-state index contributed by atoms with van der Waals surface area (Å²) in [5.41, 5.74) is 9.25. The molecule has 2 aromatic carbocycles. The van der Waals surface area contributed by atoms with Gasteiger partial charge in [-0.3, -0.25) is 4.79 Å². The second kappa shape index (κ2) is 11.3. The van der Waals surface area contributed by atoms with Crippen LogP contribution in [0.1, 0.15) is 34.8 Å². The van der Waals surface area contributed by atoms with Crippen LogP contribution in [0.2, 0.25) is 0 Å². The molecule has 0 aliphatic heterocycles. The average Bonchev–Trinajstić information content (AvgIpc) is 3.29. The lowest BCUT2D eigenvalue weighted by molar-refractivity contribution is -0.123. The van der Waals surface area contributed by atoms with E-state index in [1.54, 1.807) is 11.3 Å². The van der Waals surface area contributed by atoms with Crippen LogP contribution in [0.25, 0.3) is 0 Å². The summed E-state index contributed by atoms with van der Waals surface area (Å²) in [6.07, 6.45) is 1.06. The third kappa shape index (κ3) is 6.55. The number of ether oxygens (including phenoxy) is 1. The van der Waals surface area contributed by atoms with Gasteiger partial charge in [0.25, 0.3) is 0 Å². The Balaban J connectivity index is 1.82. The summed E-state index contributed by atoms with van der Waals surface area (Å²) < 4.78 is 4.73. The van der Waals surface area contributed by atoms with Crippen molar-refractivity contribution in [2.24, 2.45) is 0 Å². The highest BCUT2D eigenvalue weighted by molar-refractivity contribution is 7.09. The Hall–Kier alpha value is -3.39. The van der Waals surface area contributed by atoms with Gasteiger partial charge in [0.15, 0.2) is 0 Å². The van der Waals surface area contributed by atoms with Gasteiger partial charge >= 0.3 is 6.09 Å². The van der Waals surface area contributed by atoms with E-state index in [4.69, 9.17) is 10.5 Å². The van der Waals surface area contributed by atoms with E-state index in [9.17, 15) is 9.59 Å². The molecule has 1 aromatic heterocycles. The summed E-state index contributed by atoms with van der Waals surface area (Å²) in [6, 6.07) is 15.9. The molecular formula is C24H28N4O3S. The minimum Gasteiger partial charge on any atom is -0.453 e. The van der Waals surface area contributed by atoms with E-state index in [-0.39, 0.29) is 11.9 Å². The first-order valence-electron chi connectivity index (χ1n) is 10.5. The maximum Gasteiger partial charge on any atom is 0.407 e. The number of hydrogen-bond acceptors (Lipinski definition) is 6. The topological polar surface area (TPSA) is 106 Å². The number of amides is 2. The molecule has 1 heterocycles. The minimum absolute atomic E-state index is 0.300. The minimum atomic E-state index is -0.789. The van der Waals surface area contributed by atoms with Crippen LogP contribution < -0.4 is 16.4 Å². The van der Waals surface area contributed by atoms with Crippen molar-refractivity contribution in [2.45, 2.75) is 38.3 Å². The highest BCUT2D eigenvalue weighted by Crippen LogP contribution is 2.22. The molecule has 3 aromatic rings. The zero-order chi connectivity index (χ0) is 22.9. The van der Waals surface area contributed by atoms with Crippen molar-refractivity contribution in [1.29, 1.82) is 0 Å². The van der Waals surface area contributed by atoms with Gasteiger partial charge in [-0.05, 0) is 36.1 Å². The fraction of sp³-hybridized carbons (Fsp3) is 0.292. The molecule has 0 bridgehead atoms. The van der Waals surface area contributed by atoms with Gasteiger partial charge in [0, 0.05) is 17.5 Å². The second-order valence-corrected chi connectivity index (χ2v) is 8.35. The van der Waals surface area contributed by atoms with Gasteiger partial charge < -0.3 is 21.1 Å². The van der Waals surface area contributed by atoms with Gasteiger partial charge in [-0.25, -0.2) is 9.78 Å². The van der Waals surface area contributed by atoms with Crippen LogP contribution in [0.15, 0.2) is 60.0 Å². The van der Waals surface area contributed by atoms with Gasteiger partial charge in [-0.1, -0.05) is 49.4 Å². The molecule has 2 amide bonds. The van der Waals surface area contributed by atoms with Crippen molar-refractivity contribution < 1.29 is 14.3 Å². The molecule has 0 unspecified atom stereocenters. The largest absolute Gasteiger partial charge is 0.453 e. The molecule has 4 N–H and O–H groups in total. The standard InChI is InChI=1S/C24H28N4O3S/c1-3-22-26-21(15-32-22)19(13-17-9-11-18(25)12-10-17)27-23(29)20(28-24(30)31-2)14-16-7-5-4-6-8-16/h4-12,15,19-20H,3,13-14,25H2,1-2H3,(H,27,29)(H,28,30)/t19-,20-/m0/s1. The van der Waals surface area contributed by atoms with E-state index in [0.29, 0.717) is 18.5 Å². The summed E-state index contributed by atoms with van der Waals surface area (Å²) in [7, 11) is 1.28. The average molecular weight is 453 g/mol. The van der Waals surface area contributed by atoms with Crippen LogP contribution >= 0.6 is 11.3 Å². The quantitative estimate of drug-likeness (QED) is 0.430. The molecule has 0 aliphatic rings. The molecule has 8 heteroatoms. The van der Waals surface area contributed by atoms with Crippen molar-refractivity contribution in [1.82, 2.24) is 15.6 Å². The van der Waals surface area contributed by atoms with E-state index >= 15 is 0 Å². The third-order valence-electron chi connectivity index (χ3n) is 5.04. The van der Waals surface area contributed by atoms with E-state index in [2.05, 4.69) is 15.6 Å². The van der Waals surface area contributed by atoms with Gasteiger partial charge in [0.05, 0.1) is 23.9 Å². The second-order valence-electron chi connectivity index (χ2n) is 7.40. The van der Waals surface area contributed by atoms with Crippen LogP contribution in [0.3, 0.4) is 0 Å². The summed E-state index contributed by atoms with van der Waals surface area (Å²) in [5.74, 6) is -0.300. The number of thiazole rings is 1. The lowest BCUT2D eigenvalue weighted by atomic mass is 10.0. The lowest BCUT2D eigenvalue weighted by Crippen LogP contribution is -2.49. The fourth-order valence-corrected chi connectivity index (χ4v) is 4.10. The maximum atomic E-state index is 13.3. The number of nitrogens with one attached hydrogen (secondary N) is 2. The zero-order valence-corrected chi connectivity index (χ0v) is 19.0. The fourth-order valence-electron chi connectivity index (χ4n) is 3.30. The van der Waals surface area contributed by atoms with Gasteiger partial charge in [0.1, 0.15) is 6.04 Å². The van der Waals surface area contributed by atoms with E-state index in [1.807, 2.05) is 66.9 Å². The first-order chi connectivity index (χ1) is 15.5. The molecule has 0 saturated heterocycles. The predicted molar refractivity (Wildman–Crippen MR) is 126 cm³/mol. The highest BCUT2D eigenvalue weighted by atomic mass is 32.1. The number of nitrogen functional groups attached to an aromatic ring is 1. The number of hydrogen-bond donors (Lipinski definition) is 3. The Morgan fingerprint density at radius 1 is 1.03 bits per heavy atom. The highest BCUT2D eigenvalue weighted by Gasteiger charge is 2.26. The van der Waals surface area contributed by atoms with E-state index < -0.39 is 12.1 Å². The number of anilines is 1. The van der Waals surface area contributed by atoms with Crippen LogP contribution in [0.5, 0.6) is 0 Å². The zero-order valence-electron chi connectivity index (χ0n) is 18.2. The monoisotopic (exact) mass is 452 g/mol. The van der Waals surface area contributed by atoms with E-state index in [1.165, 1.54) is 7.11 Å². The third-order valence-corrected chi connectivity index (χ3v) is 6.05. The van der Waals surface area contributed by atoms with Crippen molar-refractivity contribution in [3.8, 4) is 0 Å². The molecule has 3 rings (SSSR count). The summed E-state index contributed by atoms with van der Waals surface area (Å²) in [6.45, 7) is 2.05. The van der Waals surface area contributed by atoms with Crippen LogP contribution in [-0.4, -0.2) is 30.1 Å². The Morgan fingerprint density at radius 2 is 1.72 bits per heavy atom. The number of carbonyl (C=O) groups excluding carboxylic acids is 2. The first kappa shape index (κ1) is 23.3. The first-order valence-corrected chi connectivity index (χ1v) is 11.3. The van der Waals surface area contributed by atoms with Gasteiger partial charge in [0.2, 0.25) is 5.91 Å². The van der Waals surface area contributed by atoms with Gasteiger partial charge in [-0.15, -0.1) is 11.3 Å². The number of methoxy groups -OCH3 is 1. The Morgan fingerprint density at radius 3 is 2.34 bits per heavy atom.